The Balaban J connectivity index is 2.57. The summed E-state index contributed by atoms with van der Waals surface area (Å²) in [5.74, 6) is 0.463. The van der Waals surface area contributed by atoms with Gasteiger partial charge in [-0.3, -0.25) is 4.79 Å². The lowest BCUT2D eigenvalue weighted by Crippen LogP contribution is -2.14. The van der Waals surface area contributed by atoms with Gasteiger partial charge in [0.2, 0.25) is 5.91 Å². The number of amides is 1. The molecule has 0 aliphatic heterocycles. The van der Waals surface area contributed by atoms with E-state index < -0.39 is 0 Å². The molecule has 1 amide bonds. The Morgan fingerprint density at radius 3 is 2.62 bits per heavy atom. The summed E-state index contributed by atoms with van der Waals surface area (Å²) in [6, 6.07) is 10.4. The van der Waals surface area contributed by atoms with E-state index in [0.29, 0.717) is 5.92 Å². The highest BCUT2D eigenvalue weighted by molar-refractivity contribution is 5.87. The molecule has 1 unspecified atom stereocenters. The molecule has 0 saturated heterocycles. The van der Waals surface area contributed by atoms with Crippen LogP contribution in [0.3, 0.4) is 0 Å². The van der Waals surface area contributed by atoms with Crippen LogP contribution in [-0.4, -0.2) is 13.0 Å². The van der Waals surface area contributed by atoms with Crippen molar-refractivity contribution < 1.29 is 4.79 Å². The van der Waals surface area contributed by atoms with E-state index >= 15 is 0 Å². The summed E-state index contributed by atoms with van der Waals surface area (Å²) in [7, 11) is 1.64. The lowest BCUT2D eigenvalue weighted by atomic mass is 9.93. The van der Waals surface area contributed by atoms with Crippen molar-refractivity contribution in [2.75, 3.05) is 7.05 Å². The van der Waals surface area contributed by atoms with E-state index in [4.69, 9.17) is 0 Å². The van der Waals surface area contributed by atoms with Gasteiger partial charge in [-0.05, 0) is 30.4 Å². The van der Waals surface area contributed by atoms with Gasteiger partial charge in [0.05, 0.1) is 0 Å². The van der Waals surface area contributed by atoms with Gasteiger partial charge < -0.3 is 5.32 Å². The molecule has 1 aromatic carbocycles. The van der Waals surface area contributed by atoms with Gasteiger partial charge in [-0.2, -0.15) is 0 Å². The number of hydrogen-bond donors (Lipinski definition) is 1. The Kier molecular flexibility index (Phi) is 5.34. The Bertz CT molecular complexity index is 343. The fourth-order valence-corrected chi connectivity index (χ4v) is 1.69. The fraction of sp³-hybridized carbons (Fsp3) is 0.357. The first-order chi connectivity index (χ1) is 7.77. The molecule has 86 valence electrons. The SMILES string of the molecule is CCC(C/C=C/C(=O)NC)c1ccccc1. The number of benzene rings is 1. The van der Waals surface area contributed by atoms with Crippen LogP contribution in [0.2, 0.25) is 0 Å². The van der Waals surface area contributed by atoms with Crippen LogP contribution >= 0.6 is 0 Å². The van der Waals surface area contributed by atoms with Crippen molar-refractivity contribution in [3.8, 4) is 0 Å². The van der Waals surface area contributed by atoms with Crippen molar-refractivity contribution in [2.45, 2.75) is 25.7 Å². The van der Waals surface area contributed by atoms with Crippen LogP contribution < -0.4 is 5.32 Å². The molecular formula is C14H19NO. The summed E-state index contributed by atoms with van der Waals surface area (Å²) in [6.07, 6.45) is 5.54. The average molecular weight is 217 g/mol. The van der Waals surface area contributed by atoms with Crippen molar-refractivity contribution in [2.24, 2.45) is 0 Å². The Labute approximate surface area is 97.4 Å². The molecule has 0 aromatic heterocycles. The minimum absolute atomic E-state index is 0.0390. The van der Waals surface area contributed by atoms with Crippen LogP contribution in [0.15, 0.2) is 42.5 Å². The first kappa shape index (κ1) is 12.5. The van der Waals surface area contributed by atoms with Crippen molar-refractivity contribution >= 4 is 5.91 Å². The van der Waals surface area contributed by atoms with Gasteiger partial charge in [-0.25, -0.2) is 0 Å². The van der Waals surface area contributed by atoms with Gasteiger partial charge in [-0.15, -0.1) is 0 Å². The number of carbonyl (C=O) groups is 1. The quantitative estimate of drug-likeness (QED) is 0.755. The lowest BCUT2D eigenvalue weighted by Gasteiger charge is -2.12. The first-order valence-electron chi connectivity index (χ1n) is 5.71. The number of carbonyl (C=O) groups excluding carboxylic acids is 1. The number of hydrogen-bond acceptors (Lipinski definition) is 1. The zero-order chi connectivity index (χ0) is 11.8. The van der Waals surface area contributed by atoms with Crippen molar-refractivity contribution in [1.82, 2.24) is 5.32 Å². The molecule has 0 fully saturated rings. The average Bonchev–Trinajstić information content (AvgIpc) is 2.35. The van der Waals surface area contributed by atoms with Crippen LogP contribution in [0.1, 0.15) is 31.2 Å². The highest BCUT2D eigenvalue weighted by Gasteiger charge is 2.06. The second-order valence-corrected chi connectivity index (χ2v) is 3.77. The molecule has 1 N–H and O–H groups in total. The van der Waals surface area contributed by atoms with Gasteiger partial charge in [0.25, 0.3) is 0 Å². The lowest BCUT2D eigenvalue weighted by molar-refractivity contribution is -0.116. The first-order valence-corrected chi connectivity index (χ1v) is 5.71. The fourth-order valence-electron chi connectivity index (χ4n) is 1.69. The maximum absolute atomic E-state index is 11.0. The van der Waals surface area contributed by atoms with Crippen LogP contribution in [0.5, 0.6) is 0 Å². The second-order valence-electron chi connectivity index (χ2n) is 3.77. The molecule has 0 aliphatic carbocycles. The van der Waals surface area contributed by atoms with Crippen LogP contribution in [-0.2, 0) is 4.79 Å². The van der Waals surface area contributed by atoms with E-state index in [0.717, 1.165) is 12.8 Å². The predicted octanol–water partition coefficient (Wildman–Crippen LogP) is 2.87. The van der Waals surface area contributed by atoms with Gasteiger partial charge in [-0.1, -0.05) is 43.3 Å². The minimum Gasteiger partial charge on any atom is -0.356 e. The largest absolute Gasteiger partial charge is 0.356 e. The number of nitrogens with one attached hydrogen (secondary N) is 1. The molecule has 1 aromatic rings. The minimum atomic E-state index is -0.0390. The highest BCUT2D eigenvalue weighted by atomic mass is 16.1. The molecule has 2 nitrogen and oxygen atoms in total. The van der Waals surface area contributed by atoms with Crippen LogP contribution in [0.25, 0.3) is 0 Å². The zero-order valence-electron chi connectivity index (χ0n) is 9.94. The topological polar surface area (TPSA) is 29.1 Å². The summed E-state index contributed by atoms with van der Waals surface area (Å²) in [4.78, 5) is 11.0. The smallest absolute Gasteiger partial charge is 0.243 e. The molecular weight excluding hydrogens is 198 g/mol. The van der Waals surface area contributed by atoms with E-state index in [-0.39, 0.29) is 5.91 Å². The van der Waals surface area contributed by atoms with Crippen molar-refractivity contribution in [3.63, 3.8) is 0 Å². The normalized spacial score (nSPS) is 12.6. The summed E-state index contributed by atoms with van der Waals surface area (Å²) >= 11 is 0. The molecule has 16 heavy (non-hydrogen) atoms. The standard InChI is InChI=1S/C14H19NO/c1-3-12(10-7-11-14(16)15-2)13-8-5-4-6-9-13/h4-9,11-12H,3,10H2,1-2H3,(H,15,16)/b11-7+. The van der Waals surface area contributed by atoms with E-state index in [1.165, 1.54) is 5.56 Å². The van der Waals surface area contributed by atoms with Gasteiger partial charge >= 0.3 is 0 Å². The predicted molar refractivity (Wildman–Crippen MR) is 67.3 cm³/mol. The molecule has 1 atom stereocenters. The zero-order valence-corrected chi connectivity index (χ0v) is 9.94. The monoisotopic (exact) mass is 217 g/mol. The molecule has 0 aliphatic rings. The van der Waals surface area contributed by atoms with E-state index in [1.54, 1.807) is 13.1 Å². The van der Waals surface area contributed by atoms with Crippen LogP contribution in [0, 0.1) is 0 Å². The molecule has 0 saturated carbocycles. The summed E-state index contributed by atoms with van der Waals surface area (Å²) in [6.45, 7) is 2.17. The highest BCUT2D eigenvalue weighted by Crippen LogP contribution is 2.23. The number of allylic oxidation sites excluding steroid dienone is 1. The van der Waals surface area contributed by atoms with E-state index in [1.807, 2.05) is 12.1 Å². The van der Waals surface area contributed by atoms with Crippen molar-refractivity contribution in [3.05, 3.63) is 48.0 Å². The van der Waals surface area contributed by atoms with E-state index in [9.17, 15) is 4.79 Å². The summed E-state index contributed by atoms with van der Waals surface area (Å²) in [5, 5.41) is 2.57. The van der Waals surface area contributed by atoms with E-state index in [2.05, 4.69) is 36.5 Å². The van der Waals surface area contributed by atoms with Crippen molar-refractivity contribution in [1.29, 1.82) is 0 Å². The molecule has 0 heterocycles. The Hall–Kier alpha value is -1.57. The maximum Gasteiger partial charge on any atom is 0.243 e. The van der Waals surface area contributed by atoms with Gasteiger partial charge in [0, 0.05) is 7.05 Å². The van der Waals surface area contributed by atoms with Gasteiger partial charge in [0.15, 0.2) is 0 Å². The Morgan fingerprint density at radius 1 is 1.38 bits per heavy atom. The molecule has 0 bridgehead atoms. The second kappa shape index (κ2) is 6.83. The Morgan fingerprint density at radius 2 is 2.06 bits per heavy atom. The molecule has 2 heteroatoms. The third-order valence-corrected chi connectivity index (χ3v) is 2.70. The molecule has 0 radical (unpaired) electrons. The molecule has 0 spiro atoms. The van der Waals surface area contributed by atoms with Gasteiger partial charge in [0.1, 0.15) is 0 Å². The maximum atomic E-state index is 11.0. The molecule has 1 rings (SSSR count). The summed E-state index contributed by atoms with van der Waals surface area (Å²) in [5.41, 5.74) is 1.34. The number of likely N-dealkylation sites (N-methyl/N-ethyl adjacent to an activating group) is 1. The summed E-state index contributed by atoms with van der Waals surface area (Å²) < 4.78 is 0. The number of rotatable bonds is 5. The third-order valence-electron chi connectivity index (χ3n) is 2.70. The third kappa shape index (κ3) is 3.89. The van der Waals surface area contributed by atoms with Crippen LogP contribution in [0.4, 0.5) is 0 Å².